The summed E-state index contributed by atoms with van der Waals surface area (Å²) in [4.78, 5) is 12.5. The lowest BCUT2D eigenvalue weighted by molar-refractivity contribution is -0.122. The molecule has 1 heterocycles. The fourth-order valence-corrected chi connectivity index (χ4v) is 3.22. The number of nitrogens with one attached hydrogen (secondary N) is 2. The number of benzene rings is 2. The number of hydrogen-bond donors (Lipinski definition) is 2. The number of carbonyl (C=O) groups excluding carboxylic acids is 1. The van der Waals surface area contributed by atoms with Crippen molar-refractivity contribution in [3.05, 3.63) is 69.5 Å². The van der Waals surface area contributed by atoms with E-state index in [4.69, 9.17) is 23.8 Å². The number of halogens is 1. The van der Waals surface area contributed by atoms with Crippen molar-refractivity contribution in [1.29, 1.82) is 0 Å². The second-order valence-corrected chi connectivity index (χ2v) is 6.91. The quantitative estimate of drug-likeness (QED) is 0.637. The van der Waals surface area contributed by atoms with E-state index in [9.17, 15) is 4.79 Å². The molecule has 0 aliphatic rings. The second-order valence-electron chi connectivity index (χ2n) is 6.12. The predicted molar refractivity (Wildman–Crippen MR) is 106 cm³/mol. The van der Waals surface area contributed by atoms with E-state index >= 15 is 0 Å². The van der Waals surface area contributed by atoms with Crippen LogP contribution in [0.3, 0.4) is 0 Å². The number of aromatic amines is 1. The van der Waals surface area contributed by atoms with Crippen LogP contribution in [-0.4, -0.2) is 20.7 Å². The van der Waals surface area contributed by atoms with E-state index in [-0.39, 0.29) is 18.5 Å². The summed E-state index contributed by atoms with van der Waals surface area (Å²) in [6, 6.07) is 15.2. The lowest BCUT2D eigenvalue weighted by Crippen LogP contribution is -2.30. The lowest BCUT2D eigenvalue weighted by Gasteiger charge is -2.16. The first-order valence-electron chi connectivity index (χ1n) is 8.21. The average molecular weight is 387 g/mol. The predicted octanol–water partition coefficient (Wildman–Crippen LogP) is 4.45. The minimum absolute atomic E-state index is 0.0767. The number of nitrogens with zero attached hydrogens (tertiary/aromatic N) is 2. The summed E-state index contributed by atoms with van der Waals surface area (Å²) in [6.45, 7) is 3.99. The molecule has 0 saturated carbocycles. The maximum atomic E-state index is 12.5. The zero-order valence-corrected chi connectivity index (χ0v) is 16.1. The molecular formula is C19H19ClN4OS. The molecule has 134 valence electrons. The van der Waals surface area contributed by atoms with Crippen molar-refractivity contribution in [3.63, 3.8) is 0 Å². The fourth-order valence-electron chi connectivity index (χ4n) is 2.72. The van der Waals surface area contributed by atoms with Gasteiger partial charge in [-0.2, -0.15) is 5.10 Å². The molecule has 1 atom stereocenters. The summed E-state index contributed by atoms with van der Waals surface area (Å²) in [7, 11) is 0. The van der Waals surface area contributed by atoms with Crippen molar-refractivity contribution in [2.24, 2.45) is 0 Å². The lowest BCUT2D eigenvalue weighted by atomic mass is 10.1. The first-order chi connectivity index (χ1) is 12.5. The molecule has 0 spiro atoms. The summed E-state index contributed by atoms with van der Waals surface area (Å²) < 4.78 is 2.09. The Morgan fingerprint density at radius 1 is 1.27 bits per heavy atom. The van der Waals surface area contributed by atoms with Crippen LogP contribution in [0.2, 0.25) is 5.02 Å². The van der Waals surface area contributed by atoms with E-state index in [1.165, 1.54) is 0 Å². The third kappa shape index (κ3) is 4.03. The highest BCUT2D eigenvalue weighted by Crippen LogP contribution is 2.22. The zero-order chi connectivity index (χ0) is 18.7. The molecule has 1 aromatic heterocycles. The summed E-state index contributed by atoms with van der Waals surface area (Å²) in [6.07, 6.45) is 0. The highest BCUT2D eigenvalue weighted by Gasteiger charge is 2.16. The standard InChI is InChI=1S/C19H19ClN4OS/c1-12-7-9-14(10-8-12)18-22-23-19(26)24(18)11-17(25)21-13(2)15-5-3-4-6-16(15)20/h3-10,13H,11H2,1-2H3,(H,21,25)(H,23,26). The van der Waals surface area contributed by atoms with E-state index < -0.39 is 0 Å². The van der Waals surface area contributed by atoms with Gasteiger partial charge in [-0.3, -0.25) is 14.5 Å². The molecule has 0 aliphatic heterocycles. The third-order valence-corrected chi connectivity index (χ3v) is 4.77. The monoisotopic (exact) mass is 386 g/mol. The van der Waals surface area contributed by atoms with Gasteiger partial charge in [0.25, 0.3) is 0 Å². The maximum Gasteiger partial charge on any atom is 0.240 e. The molecule has 1 unspecified atom stereocenters. The van der Waals surface area contributed by atoms with Gasteiger partial charge in [0.2, 0.25) is 5.91 Å². The smallest absolute Gasteiger partial charge is 0.240 e. The topological polar surface area (TPSA) is 62.7 Å². The first kappa shape index (κ1) is 18.4. The van der Waals surface area contributed by atoms with Crippen molar-refractivity contribution in [3.8, 4) is 11.4 Å². The Hall–Kier alpha value is -2.44. The highest BCUT2D eigenvalue weighted by molar-refractivity contribution is 7.71. The number of rotatable bonds is 5. The summed E-state index contributed by atoms with van der Waals surface area (Å²) >= 11 is 11.5. The normalized spacial score (nSPS) is 12.0. The summed E-state index contributed by atoms with van der Waals surface area (Å²) in [5, 5.41) is 10.6. The minimum Gasteiger partial charge on any atom is -0.348 e. The van der Waals surface area contributed by atoms with E-state index in [1.54, 1.807) is 10.6 Å². The SMILES string of the molecule is Cc1ccc(-c2n[nH]c(=S)n2CC(=O)NC(C)c2ccccc2Cl)cc1. The molecule has 1 amide bonds. The van der Waals surface area contributed by atoms with E-state index in [2.05, 4.69) is 15.5 Å². The van der Waals surface area contributed by atoms with Gasteiger partial charge in [0.05, 0.1) is 6.04 Å². The fraction of sp³-hybridized carbons (Fsp3) is 0.211. The van der Waals surface area contributed by atoms with Crippen molar-refractivity contribution in [2.75, 3.05) is 0 Å². The average Bonchev–Trinajstić information content (AvgIpc) is 2.96. The third-order valence-electron chi connectivity index (χ3n) is 4.12. The molecule has 0 saturated heterocycles. The van der Waals surface area contributed by atoms with Crippen LogP contribution in [0.15, 0.2) is 48.5 Å². The number of aryl methyl sites for hydroxylation is 1. The van der Waals surface area contributed by atoms with Crippen molar-refractivity contribution < 1.29 is 4.79 Å². The maximum absolute atomic E-state index is 12.5. The van der Waals surface area contributed by atoms with Gasteiger partial charge in [0.1, 0.15) is 6.54 Å². The Bertz CT molecular complexity index is 978. The molecule has 0 bridgehead atoms. The van der Waals surface area contributed by atoms with Crippen LogP contribution < -0.4 is 5.32 Å². The Morgan fingerprint density at radius 3 is 2.65 bits per heavy atom. The molecule has 3 rings (SSSR count). The van der Waals surface area contributed by atoms with Gasteiger partial charge in [0.15, 0.2) is 10.6 Å². The molecule has 0 radical (unpaired) electrons. The number of aromatic nitrogens is 3. The van der Waals surface area contributed by atoms with Crippen LogP contribution in [0.1, 0.15) is 24.1 Å². The van der Waals surface area contributed by atoms with Gasteiger partial charge in [-0.25, -0.2) is 0 Å². The number of carbonyl (C=O) groups is 1. The van der Waals surface area contributed by atoms with E-state index in [0.29, 0.717) is 15.6 Å². The van der Waals surface area contributed by atoms with Gasteiger partial charge in [-0.05, 0) is 37.7 Å². The largest absolute Gasteiger partial charge is 0.348 e. The zero-order valence-electron chi connectivity index (χ0n) is 14.5. The molecule has 7 heteroatoms. The number of hydrogen-bond acceptors (Lipinski definition) is 3. The molecule has 0 fully saturated rings. The van der Waals surface area contributed by atoms with Crippen LogP contribution in [-0.2, 0) is 11.3 Å². The minimum atomic E-state index is -0.208. The number of H-pyrrole nitrogens is 1. The van der Waals surface area contributed by atoms with Crippen molar-refractivity contribution in [2.45, 2.75) is 26.4 Å². The molecule has 3 aromatic rings. The Balaban J connectivity index is 1.78. The molecule has 26 heavy (non-hydrogen) atoms. The number of amides is 1. The molecule has 0 aliphatic carbocycles. The van der Waals surface area contributed by atoms with Crippen LogP contribution >= 0.6 is 23.8 Å². The molecule has 2 N–H and O–H groups in total. The van der Waals surface area contributed by atoms with Crippen molar-refractivity contribution >= 4 is 29.7 Å². The molecular weight excluding hydrogens is 368 g/mol. The van der Waals surface area contributed by atoms with Gasteiger partial charge in [-0.15, -0.1) is 0 Å². The van der Waals surface area contributed by atoms with Gasteiger partial charge in [0, 0.05) is 10.6 Å². The van der Waals surface area contributed by atoms with Crippen LogP contribution in [0.25, 0.3) is 11.4 Å². The van der Waals surface area contributed by atoms with Gasteiger partial charge in [-0.1, -0.05) is 59.6 Å². The first-order valence-corrected chi connectivity index (χ1v) is 9.00. The van der Waals surface area contributed by atoms with E-state index in [0.717, 1.165) is 16.7 Å². The van der Waals surface area contributed by atoms with E-state index in [1.807, 2.05) is 56.3 Å². The Morgan fingerprint density at radius 2 is 1.96 bits per heavy atom. The summed E-state index contributed by atoms with van der Waals surface area (Å²) in [5.41, 5.74) is 2.92. The molecule has 2 aromatic carbocycles. The van der Waals surface area contributed by atoms with Crippen LogP contribution in [0, 0.1) is 11.7 Å². The second kappa shape index (κ2) is 7.85. The van der Waals surface area contributed by atoms with Crippen LogP contribution in [0.5, 0.6) is 0 Å². The van der Waals surface area contributed by atoms with Gasteiger partial charge >= 0.3 is 0 Å². The highest BCUT2D eigenvalue weighted by atomic mass is 35.5. The summed E-state index contributed by atoms with van der Waals surface area (Å²) in [5.74, 6) is 0.471. The Kier molecular flexibility index (Phi) is 5.54. The van der Waals surface area contributed by atoms with Gasteiger partial charge < -0.3 is 5.32 Å². The molecule has 5 nitrogen and oxygen atoms in total. The Labute approximate surface area is 162 Å². The van der Waals surface area contributed by atoms with Crippen LogP contribution in [0.4, 0.5) is 0 Å². The van der Waals surface area contributed by atoms with Crippen molar-refractivity contribution in [1.82, 2.24) is 20.1 Å².